The molecule has 4 aromatic rings. The summed E-state index contributed by atoms with van der Waals surface area (Å²) in [6.07, 6.45) is 1.12. The number of carbonyl (C=O) groups is 2. The van der Waals surface area contributed by atoms with E-state index in [4.69, 9.17) is 16.3 Å². The molecule has 1 atom stereocenters. The van der Waals surface area contributed by atoms with E-state index in [1.54, 1.807) is 35.2 Å². The number of hydrogen-bond donors (Lipinski definition) is 2. The highest BCUT2D eigenvalue weighted by molar-refractivity contribution is 6.36. The number of imidazole rings is 1. The van der Waals surface area contributed by atoms with Gasteiger partial charge in [0.2, 0.25) is 0 Å². The minimum absolute atomic E-state index is 0.0238. The molecule has 2 aliphatic heterocycles. The van der Waals surface area contributed by atoms with Crippen LogP contribution < -0.4 is 10.1 Å². The molecule has 0 bridgehead atoms. The van der Waals surface area contributed by atoms with Gasteiger partial charge in [-0.1, -0.05) is 60.5 Å². The molecular formula is C39H41ClF3N5O4. The van der Waals surface area contributed by atoms with Crippen LogP contribution in [0.15, 0.2) is 48.5 Å². The van der Waals surface area contributed by atoms with Crippen LogP contribution in [0.2, 0.25) is 5.02 Å². The van der Waals surface area contributed by atoms with Crippen LogP contribution >= 0.6 is 11.6 Å². The van der Waals surface area contributed by atoms with Crippen molar-refractivity contribution in [2.24, 2.45) is 7.05 Å². The van der Waals surface area contributed by atoms with Crippen LogP contribution in [0.5, 0.6) is 5.75 Å². The van der Waals surface area contributed by atoms with E-state index < -0.39 is 23.8 Å². The summed E-state index contributed by atoms with van der Waals surface area (Å²) in [5, 5.41) is 12.9. The second-order valence-corrected chi connectivity index (χ2v) is 13.8. The smallest absolute Gasteiger partial charge is 0.417 e. The van der Waals surface area contributed by atoms with E-state index in [0.717, 1.165) is 54.4 Å². The average Bonchev–Trinajstić information content (AvgIpc) is 3.43. The van der Waals surface area contributed by atoms with Crippen molar-refractivity contribution in [3.05, 3.63) is 98.6 Å². The Morgan fingerprint density at radius 3 is 2.52 bits per heavy atom. The first-order valence-corrected chi connectivity index (χ1v) is 17.5. The SMILES string of the molecule is COc1cc(/C=C/c2cccc(-c3cccc(NC(=O)c4nc5c(n4C)CCN(C)C5)c3Cl)c2C)c(C(F)(F)F)cc1CN1CCCC[C@H]1C(=O)O. The summed E-state index contributed by atoms with van der Waals surface area (Å²) >= 11 is 6.91. The Labute approximate surface area is 305 Å². The number of aromatic nitrogens is 2. The van der Waals surface area contributed by atoms with Gasteiger partial charge >= 0.3 is 12.1 Å². The van der Waals surface area contributed by atoms with Gasteiger partial charge in [0.1, 0.15) is 11.8 Å². The number of likely N-dealkylation sites (N-methyl/N-ethyl adjacent to an activating group) is 1. The summed E-state index contributed by atoms with van der Waals surface area (Å²) in [7, 11) is 5.24. The number of ether oxygens (including phenoxy) is 1. The Kier molecular flexibility index (Phi) is 10.8. The number of carboxylic acids is 1. The van der Waals surface area contributed by atoms with E-state index >= 15 is 0 Å². The molecule has 13 heteroatoms. The zero-order valence-corrected chi connectivity index (χ0v) is 30.2. The molecule has 6 rings (SSSR count). The molecule has 3 heterocycles. The molecule has 1 fully saturated rings. The van der Waals surface area contributed by atoms with Crippen molar-refractivity contribution in [3.8, 4) is 16.9 Å². The fourth-order valence-electron chi connectivity index (χ4n) is 7.20. The van der Waals surface area contributed by atoms with Crippen molar-refractivity contribution in [3.63, 3.8) is 0 Å². The number of benzene rings is 3. The lowest BCUT2D eigenvalue weighted by Gasteiger charge is -2.33. The summed E-state index contributed by atoms with van der Waals surface area (Å²) in [6.45, 7) is 3.91. The number of amides is 1. The highest BCUT2D eigenvalue weighted by Gasteiger charge is 2.35. The van der Waals surface area contributed by atoms with Crippen molar-refractivity contribution in [1.82, 2.24) is 19.4 Å². The minimum Gasteiger partial charge on any atom is -0.496 e. The third kappa shape index (κ3) is 7.60. The number of piperidine rings is 1. The highest BCUT2D eigenvalue weighted by atomic mass is 35.5. The summed E-state index contributed by atoms with van der Waals surface area (Å²) in [4.78, 5) is 33.7. The first kappa shape index (κ1) is 37.1. The van der Waals surface area contributed by atoms with Crippen molar-refractivity contribution >= 4 is 41.3 Å². The molecule has 52 heavy (non-hydrogen) atoms. The van der Waals surface area contributed by atoms with Gasteiger partial charge < -0.3 is 24.6 Å². The molecule has 0 radical (unpaired) electrons. The fourth-order valence-corrected chi connectivity index (χ4v) is 7.47. The maximum atomic E-state index is 14.5. The predicted molar refractivity (Wildman–Crippen MR) is 195 cm³/mol. The van der Waals surface area contributed by atoms with E-state index in [0.29, 0.717) is 47.2 Å². The van der Waals surface area contributed by atoms with Gasteiger partial charge in [-0.25, -0.2) is 4.98 Å². The lowest BCUT2D eigenvalue weighted by atomic mass is 9.94. The minimum atomic E-state index is -4.67. The molecule has 1 aromatic heterocycles. The van der Waals surface area contributed by atoms with Crippen molar-refractivity contribution < 1.29 is 32.6 Å². The largest absolute Gasteiger partial charge is 0.496 e. The number of anilines is 1. The van der Waals surface area contributed by atoms with Gasteiger partial charge in [0.25, 0.3) is 5.91 Å². The number of nitrogens with zero attached hydrogens (tertiary/aromatic N) is 4. The number of alkyl halides is 3. The zero-order chi connectivity index (χ0) is 37.3. The molecule has 3 aromatic carbocycles. The number of carboxylic acid groups (broad SMARTS) is 1. The maximum absolute atomic E-state index is 14.5. The van der Waals surface area contributed by atoms with Gasteiger partial charge in [-0.2, -0.15) is 13.2 Å². The van der Waals surface area contributed by atoms with Gasteiger partial charge in [-0.05, 0) is 73.8 Å². The van der Waals surface area contributed by atoms with Crippen LogP contribution in [-0.2, 0) is 37.5 Å². The predicted octanol–water partition coefficient (Wildman–Crippen LogP) is 7.93. The number of likely N-dealkylation sites (tertiary alicyclic amines) is 1. The monoisotopic (exact) mass is 735 g/mol. The van der Waals surface area contributed by atoms with Gasteiger partial charge in [0.05, 0.1) is 29.1 Å². The van der Waals surface area contributed by atoms with E-state index in [-0.39, 0.29) is 29.3 Å². The zero-order valence-electron chi connectivity index (χ0n) is 29.5. The normalized spacial score (nSPS) is 17.0. The van der Waals surface area contributed by atoms with E-state index in [9.17, 15) is 27.9 Å². The molecule has 2 N–H and O–H groups in total. The molecule has 2 aliphatic rings. The van der Waals surface area contributed by atoms with Gasteiger partial charge in [0.15, 0.2) is 5.82 Å². The van der Waals surface area contributed by atoms with Crippen LogP contribution in [0, 0.1) is 6.92 Å². The Balaban J connectivity index is 1.28. The average molecular weight is 736 g/mol. The Morgan fingerprint density at radius 1 is 1.06 bits per heavy atom. The molecule has 1 amide bonds. The molecule has 9 nitrogen and oxygen atoms in total. The lowest BCUT2D eigenvalue weighted by Crippen LogP contribution is -2.44. The van der Waals surface area contributed by atoms with Gasteiger partial charge in [0, 0.05) is 49.9 Å². The third-order valence-corrected chi connectivity index (χ3v) is 10.4. The molecule has 0 spiro atoms. The Bertz CT molecular complexity index is 2040. The molecule has 274 valence electrons. The summed E-state index contributed by atoms with van der Waals surface area (Å²) in [5.41, 5.74) is 4.49. The second-order valence-electron chi connectivity index (χ2n) is 13.4. The maximum Gasteiger partial charge on any atom is 0.417 e. The quantitative estimate of drug-likeness (QED) is 0.169. The fraction of sp³-hybridized carbons (Fsp3) is 0.359. The van der Waals surface area contributed by atoms with Gasteiger partial charge in [-0.3, -0.25) is 14.5 Å². The summed E-state index contributed by atoms with van der Waals surface area (Å²) in [5.74, 6) is -0.826. The highest BCUT2D eigenvalue weighted by Crippen LogP contribution is 2.40. The first-order valence-electron chi connectivity index (χ1n) is 17.1. The standard InChI is InChI=1S/C39H41ClF3N5O4/c1-23-24(14-15-25-20-34(52-4)26(19-29(25)39(41,42)43)21-48-17-6-5-13-33(48)38(50)51)9-7-10-27(23)28-11-8-12-30(35(28)40)45-37(49)36-44-31-22-46(2)18-16-32(31)47(36)3/h7-12,14-15,19-20,33H,5-6,13,16-18,21-22H2,1-4H3,(H,45,49)(H,50,51)/b15-14+/t33-/m0/s1. The van der Waals surface area contributed by atoms with Crippen molar-refractivity contribution in [2.45, 2.75) is 57.9 Å². The van der Waals surface area contributed by atoms with Crippen molar-refractivity contribution in [2.75, 3.05) is 32.6 Å². The topological polar surface area (TPSA) is 99.9 Å². The number of methoxy groups -OCH3 is 1. The van der Waals surface area contributed by atoms with Crippen LogP contribution in [0.3, 0.4) is 0 Å². The van der Waals surface area contributed by atoms with Crippen LogP contribution in [0.4, 0.5) is 18.9 Å². The molecule has 0 unspecified atom stereocenters. The molecular weight excluding hydrogens is 695 g/mol. The van der Waals surface area contributed by atoms with E-state index in [1.807, 2.05) is 37.7 Å². The summed E-state index contributed by atoms with van der Waals surface area (Å²) < 4.78 is 50.8. The molecule has 0 saturated carbocycles. The van der Waals surface area contributed by atoms with Crippen molar-refractivity contribution in [1.29, 1.82) is 0 Å². The number of hydrogen-bond acceptors (Lipinski definition) is 6. The van der Waals surface area contributed by atoms with Crippen LogP contribution in [0.1, 0.15) is 69.1 Å². The number of rotatable bonds is 9. The van der Waals surface area contributed by atoms with Crippen LogP contribution in [-0.4, -0.2) is 69.6 Å². The van der Waals surface area contributed by atoms with Crippen LogP contribution in [0.25, 0.3) is 23.3 Å². The number of carbonyl (C=O) groups excluding carboxylic acids is 1. The number of fused-ring (bicyclic) bond motifs is 1. The van der Waals surface area contributed by atoms with E-state index in [1.165, 1.54) is 19.3 Å². The number of halogens is 4. The van der Waals surface area contributed by atoms with Gasteiger partial charge in [-0.15, -0.1) is 0 Å². The Hall–Kier alpha value is -4.65. The molecule has 0 aliphatic carbocycles. The van der Waals surface area contributed by atoms with E-state index in [2.05, 4.69) is 15.2 Å². The third-order valence-electron chi connectivity index (χ3n) is 10.0. The summed E-state index contributed by atoms with van der Waals surface area (Å²) in [6, 6.07) is 12.4. The number of aliphatic carboxylic acids is 1. The second kappa shape index (κ2) is 15.1. The lowest BCUT2D eigenvalue weighted by molar-refractivity contribution is -0.145. The first-order chi connectivity index (χ1) is 24.8. The Morgan fingerprint density at radius 2 is 1.79 bits per heavy atom. The number of nitrogens with one attached hydrogen (secondary N) is 1. The molecule has 1 saturated heterocycles.